The van der Waals surface area contributed by atoms with Gasteiger partial charge in [0.25, 0.3) is 0 Å². The van der Waals surface area contributed by atoms with E-state index in [2.05, 4.69) is 13.8 Å². The number of carbonyl (C=O) groups is 4. The van der Waals surface area contributed by atoms with Crippen molar-refractivity contribution >= 4 is 23.7 Å². The van der Waals surface area contributed by atoms with Crippen LogP contribution in [0.15, 0.2) is 0 Å². The van der Waals surface area contributed by atoms with Gasteiger partial charge in [-0.1, -0.05) is 104 Å². The number of Topliss-reactive ketones (excluding diaryl/α,β-unsaturated/α-hetero) is 1. The maximum absolute atomic E-state index is 12.7. The van der Waals surface area contributed by atoms with Gasteiger partial charge in [-0.25, -0.2) is 4.79 Å². The quantitative estimate of drug-likeness (QED) is 0.117. The minimum Gasteiger partial charge on any atom is -0.481 e. The van der Waals surface area contributed by atoms with Gasteiger partial charge in [-0.3, -0.25) is 14.4 Å². The molecular formula is C26H46O8. The van der Waals surface area contributed by atoms with E-state index in [9.17, 15) is 39.6 Å². The standard InChI is InChI=1S/C26H46O8/c1-4-6-8-10-12-13-15-17-19-25(20(3)27,23(30)31)26(34,24(32)33)21(22(28)29)18-16-14-11-9-7-5-2/h21,34H,4-19H2,1-3H3,(H,28,29)(H,30,31)(H,32,33). The average molecular weight is 487 g/mol. The number of carboxylic acids is 3. The molecule has 0 saturated heterocycles. The molecule has 0 aliphatic carbocycles. The van der Waals surface area contributed by atoms with Gasteiger partial charge in [0.05, 0.1) is 5.92 Å². The first-order valence-corrected chi connectivity index (χ1v) is 13.0. The van der Waals surface area contributed by atoms with Crippen LogP contribution in [-0.2, 0) is 19.2 Å². The highest BCUT2D eigenvalue weighted by Crippen LogP contribution is 2.45. The summed E-state index contributed by atoms with van der Waals surface area (Å²) in [5.74, 6) is -8.33. The van der Waals surface area contributed by atoms with Crippen LogP contribution in [0, 0.1) is 11.3 Å². The fourth-order valence-electron chi connectivity index (χ4n) is 4.85. The van der Waals surface area contributed by atoms with Crippen molar-refractivity contribution in [3.63, 3.8) is 0 Å². The summed E-state index contributed by atoms with van der Waals surface area (Å²) in [7, 11) is 0. The molecule has 8 nitrogen and oxygen atoms in total. The lowest BCUT2D eigenvalue weighted by Crippen LogP contribution is -2.66. The summed E-state index contributed by atoms with van der Waals surface area (Å²) in [5, 5.41) is 41.1. The van der Waals surface area contributed by atoms with Crippen molar-refractivity contribution in [1.29, 1.82) is 0 Å². The summed E-state index contributed by atoms with van der Waals surface area (Å²) in [6.07, 6.45) is 11.1. The zero-order chi connectivity index (χ0) is 26.2. The third kappa shape index (κ3) is 8.67. The summed E-state index contributed by atoms with van der Waals surface area (Å²) in [6.45, 7) is 5.11. The topological polar surface area (TPSA) is 149 Å². The van der Waals surface area contributed by atoms with Crippen LogP contribution in [0.1, 0.15) is 124 Å². The van der Waals surface area contributed by atoms with Crippen molar-refractivity contribution in [2.24, 2.45) is 11.3 Å². The second-order valence-corrected chi connectivity index (χ2v) is 9.51. The molecule has 0 fully saturated rings. The van der Waals surface area contributed by atoms with Crippen LogP contribution >= 0.6 is 0 Å². The summed E-state index contributed by atoms with van der Waals surface area (Å²) in [4.78, 5) is 49.5. The number of carbonyl (C=O) groups excluding carboxylic acids is 1. The first-order chi connectivity index (χ1) is 16.0. The molecule has 0 heterocycles. The molecule has 0 rings (SSSR count). The van der Waals surface area contributed by atoms with E-state index in [0.29, 0.717) is 19.3 Å². The highest BCUT2D eigenvalue weighted by Gasteiger charge is 2.68. The molecule has 0 amide bonds. The largest absolute Gasteiger partial charge is 0.481 e. The van der Waals surface area contributed by atoms with Crippen molar-refractivity contribution in [3.8, 4) is 0 Å². The summed E-state index contributed by atoms with van der Waals surface area (Å²) in [5.41, 5.74) is -5.98. The number of hydrogen-bond donors (Lipinski definition) is 4. The fourth-order valence-corrected chi connectivity index (χ4v) is 4.85. The van der Waals surface area contributed by atoms with E-state index >= 15 is 0 Å². The molecule has 0 aliphatic heterocycles. The number of ketones is 1. The molecule has 0 aromatic rings. The van der Waals surface area contributed by atoms with Gasteiger partial charge in [-0.2, -0.15) is 0 Å². The molecule has 8 heteroatoms. The van der Waals surface area contributed by atoms with Gasteiger partial charge in [0.2, 0.25) is 0 Å². The molecule has 0 spiro atoms. The Balaban J connectivity index is 5.68. The number of aliphatic hydroxyl groups is 1. The van der Waals surface area contributed by atoms with Crippen molar-refractivity contribution in [1.82, 2.24) is 0 Å². The predicted molar refractivity (Wildman–Crippen MR) is 130 cm³/mol. The molecule has 3 unspecified atom stereocenters. The van der Waals surface area contributed by atoms with Crippen LogP contribution < -0.4 is 0 Å². The first kappa shape index (κ1) is 32.0. The van der Waals surface area contributed by atoms with Crippen molar-refractivity contribution in [2.45, 2.75) is 129 Å². The van der Waals surface area contributed by atoms with Crippen LogP contribution in [0.4, 0.5) is 0 Å². The summed E-state index contributed by atoms with van der Waals surface area (Å²) < 4.78 is 0. The Morgan fingerprint density at radius 1 is 0.647 bits per heavy atom. The van der Waals surface area contributed by atoms with E-state index in [-0.39, 0.29) is 12.8 Å². The van der Waals surface area contributed by atoms with Gasteiger partial charge in [-0.05, 0) is 19.8 Å². The van der Waals surface area contributed by atoms with E-state index < -0.39 is 47.0 Å². The number of unbranched alkanes of at least 4 members (excludes halogenated alkanes) is 12. The predicted octanol–water partition coefficient (Wildman–Crippen LogP) is 5.44. The Labute approximate surface area is 204 Å². The number of rotatable bonds is 22. The number of aliphatic carboxylic acids is 3. The Hall–Kier alpha value is -1.96. The van der Waals surface area contributed by atoms with E-state index in [1.54, 1.807) is 0 Å². The Kier molecular flexibility index (Phi) is 15.7. The lowest BCUT2D eigenvalue weighted by atomic mass is 9.60. The van der Waals surface area contributed by atoms with Crippen LogP contribution in [-0.4, -0.2) is 49.7 Å². The third-order valence-electron chi connectivity index (χ3n) is 7.00. The second kappa shape index (κ2) is 16.6. The van der Waals surface area contributed by atoms with Gasteiger partial charge in [0.1, 0.15) is 0 Å². The molecule has 0 saturated carbocycles. The van der Waals surface area contributed by atoms with E-state index in [4.69, 9.17) is 0 Å². The van der Waals surface area contributed by atoms with E-state index in [0.717, 1.165) is 71.1 Å². The highest BCUT2D eigenvalue weighted by molar-refractivity contribution is 6.09. The maximum Gasteiger partial charge on any atom is 0.338 e. The maximum atomic E-state index is 12.7. The second-order valence-electron chi connectivity index (χ2n) is 9.51. The van der Waals surface area contributed by atoms with Gasteiger partial charge >= 0.3 is 17.9 Å². The molecule has 34 heavy (non-hydrogen) atoms. The Bertz CT molecular complexity index is 631. The molecule has 0 aromatic heterocycles. The third-order valence-corrected chi connectivity index (χ3v) is 7.00. The monoisotopic (exact) mass is 486 g/mol. The molecule has 0 bridgehead atoms. The van der Waals surface area contributed by atoms with E-state index in [1.807, 2.05) is 0 Å². The molecule has 4 N–H and O–H groups in total. The zero-order valence-electron chi connectivity index (χ0n) is 21.3. The van der Waals surface area contributed by atoms with Crippen molar-refractivity contribution in [3.05, 3.63) is 0 Å². The van der Waals surface area contributed by atoms with E-state index in [1.165, 1.54) is 0 Å². The minimum atomic E-state index is -3.25. The number of carboxylic acid groups (broad SMARTS) is 3. The van der Waals surface area contributed by atoms with Crippen LogP contribution in [0.5, 0.6) is 0 Å². The molecule has 3 atom stereocenters. The molecule has 0 radical (unpaired) electrons. The highest BCUT2D eigenvalue weighted by atomic mass is 16.4. The van der Waals surface area contributed by atoms with Crippen molar-refractivity contribution < 1.29 is 39.6 Å². The molecule has 0 aliphatic rings. The van der Waals surface area contributed by atoms with Gasteiger partial charge < -0.3 is 20.4 Å². The van der Waals surface area contributed by atoms with Gasteiger partial charge in [-0.15, -0.1) is 0 Å². The van der Waals surface area contributed by atoms with Gasteiger partial charge in [0, 0.05) is 0 Å². The summed E-state index contributed by atoms with van der Waals surface area (Å²) >= 11 is 0. The first-order valence-electron chi connectivity index (χ1n) is 13.0. The van der Waals surface area contributed by atoms with Crippen LogP contribution in [0.2, 0.25) is 0 Å². The Morgan fingerprint density at radius 3 is 1.41 bits per heavy atom. The molecule has 198 valence electrons. The van der Waals surface area contributed by atoms with Crippen LogP contribution in [0.3, 0.4) is 0 Å². The van der Waals surface area contributed by atoms with Crippen LogP contribution in [0.25, 0.3) is 0 Å². The van der Waals surface area contributed by atoms with Gasteiger partial charge in [0.15, 0.2) is 16.8 Å². The van der Waals surface area contributed by atoms with Crippen molar-refractivity contribution in [2.75, 3.05) is 0 Å². The normalized spacial score (nSPS) is 15.8. The SMILES string of the molecule is CCCCCCCCCCC(C(C)=O)(C(=O)O)C(O)(C(=O)O)C(CCCCCCCC)C(=O)O. The fraction of sp³-hybridized carbons (Fsp3) is 0.846. The lowest BCUT2D eigenvalue weighted by molar-refractivity contribution is -0.206. The average Bonchev–Trinajstić information content (AvgIpc) is 2.76. The number of hydrogen-bond acceptors (Lipinski definition) is 5. The molecule has 0 aromatic carbocycles. The summed E-state index contributed by atoms with van der Waals surface area (Å²) in [6, 6.07) is 0. The zero-order valence-corrected chi connectivity index (χ0v) is 21.3. The smallest absolute Gasteiger partial charge is 0.338 e. The molecular weight excluding hydrogens is 440 g/mol. The lowest BCUT2D eigenvalue weighted by Gasteiger charge is -2.42. The Morgan fingerprint density at radius 2 is 1.06 bits per heavy atom. The minimum absolute atomic E-state index is 0.207.